The van der Waals surface area contributed by atoms with Crippen molar-refractivity contribution < 1.29 is 14.3 Å². The highest BCUT2D eigenvalue weighted by Gasteiger charge is 2.10. The number of Topliss-reactive ketones (excluding diaryl/α,β-unsaturated/α-hetero) is 1. The lowest BCUT2D eigenvalue weighted by molar-refractivity contribution is -0.151. The summed E-state index contributed by atoms with van der Waals surface area (Å²) < 4.78 is 5.03. The second kappa shape index (κ2) is 7.61. The van der Waals surface area contributed by atoms with Gasteiger partial charge in [-0.3, -0.25) is 14.9 Å². The summed E-state index contributed by atoms with van der Waals surface area (Å²) in [5.41, 5.74) is 1.23. The molecule has 1 atom stereocenters. The van der Waals surface area contributed by atoms with Crippen LogP contribution in [0.2, 0.25) is 0 Å². The molecule has 0 saturated carbocycles. The van der Waals surface area contributed by atoms with E-state index >= 15 is 0 Å². The molecule has 0 radical (unpaired) electrons. The highest BCUT2D eigenvalue weighted by molar-refractivity contribution is 5.94. The Morgan fingerprint density at radius 2 is 1.94 bits per heavy atom. The van der Waals surface area contributed by atoms with Crippen LogP contribution in [-0.4, -0.2) is 24.5 Å². The molecule has 0 aliphatic carbocycles. The Balaban J connectivity index is 2.19. The Kier molecular flexibility index (Phi) is 6.08. The summed E-state index contributed by atoms with van der Waals surface area (Å²) in [7, 11) is 0. The summed E-state index contributed by atoms with van der Waals surface area (Å²) >= 11 is 0. The van der Waals surface area contributed by atoms with Gasteiger partial charge in [0.05, 0.1) is 0 Å². The maximum atomic E-state index is 11.2. The number of hydrogen-bond donors (Lipinski definition) is 1. The quantitative estimate of drug-likeness (QED) is 0.454. The first kappa shape index (κ1) is 14.4. The molecule has 0 aliphatic heterocycles. The Hall–Kier alpha value is -1.68. The van der Waals surface area contributed by atoms with Gasteiger partial charge in [-0.15, -0.1) is 0 Å². The van der Waals surface area contributed by atoms with Crippen molar-refractivity contribution in [3.05, 3.63) is 35.9 Å². The van der Waals surface area contributed by atoms with Gasteiger partial charge in [-0.2, -0.15) is 0 Å². The molecule has 0 aromatic heterocycles. The van der Waals surface area contributed by atoms with Crippen molar-refractivity contribution in [3.8, 4) is 0 Å². The highest BCUT2D eigenvalue weighted by Crippen LogP contribution is 1.99. The van der Waals surface area contributed by atoms with Crippen molar-refractivity contribution in [1.82, 2.24) is 5.32 Å². The van der Waals surface area contributed by atoms with Crippen LogP contribution >= 0.6 is 0 Å². The van der Waals surface area contributed by atoms with Crippen LogP contribution < -0.4 is 5.32 Å². The van der Waals surface area contributed by atoms with Crippen LogP contribution in [0.15, 0.2) is 30.3 Å². The SMILES string of the molecule is CC(=O)CC(=O)OC(C)NCCc1ccccc1. The maximum Gasteiger partial charge on any atom is 0.314 e. The van der Waals surface area contributed by atoms with Crippen LogP contribution in [0, 0.1) is 0 Å². The Labute approximate surface area is 107 Å². The van der Waals surface area contributed by atoms with Crippen molar-refractivity contribution in [2.24, 2.45) is 0 Å². The highest BCUT2D eigenvalue weighted by atomic mass is 16.6. The normalized spacial score (nSPS) is 11.9. The average Bonchev–Trinajstić information content (AvgIpc) is 2.29. The second-order valence-electron chi connectivity index (χ2n) is 4.20. The lowest BCUT2D eigenvalue weighted by Crippen LogP contribution is -2.33. The van der Waals surface area contributed by atoms with Gasteiger partial charge < -0.3 is 4.74 Å². The number of hydrogen-bond acceptors (Lipinski definition) is 4. The number of esters is 1. The van der Waals surface area contributed by atoms with Gasteiger partial charge in [0.15, 0.2) is 6.23 Å². The van der Waals surface area contributed by atoms with Crippen molar-refractivity contribution in [2.45, 2.75) is 32.9 Å². The summed E-state index contributed by atoms with van der Waals surface area (Å²) in [6.45, 7) is 3.84. The molecule has 0 aliphatic rings. The van der Waals surface area contributed by atoms with Crippen LogP contribution in [0.4, 0.5) is 0 Å². The molecule has 0 fully saturated rings. The molecule has 0 bridgehead atoms. The summed E-state index contributed by atoms with van der Waals surface area (Å²) in [5.74, 6) is -0.668. The lowest BCUT2D eigenvalue weighted by atomic mass is 10.1. The summed E-state index contributed by atoms with van der Waals surface area (Å²) in [6, 6.07) is 10.1. The fourth-order valence-electron chi connectivity index (χ4n) is 1.55. The Morgan fingerprint density at radius 3 is 2.56 bits per heavy atom. The van der Waals surface area contributed by atoms with Crippen molar-refractivity contribution in [1.29, 1.82) is 0 Å². The molecule has 0 heterocycles. The first-order chi connectivity index (χ1) is 8.58. The predicted octanol–water partition coefficient (Wildman–Crippen LogP) is 1.69. The van der Waals surface area contributed by atoms with Crippen LogP contribution in [0.3, 0.4) is 0 Å². The van der Waals surface area contributed by atoms with E-state index in [9.17, 15) is 9.59 Å². The molecule has 0 amide bonds. The Bertz CT molecular complexity index is 389. The fourth-order valence-corrected chi connectivity index (χ4v) is 1.55. The third kappa shape index (κ3) is 6.15. The standard InChI is InChI=1S/C14H19NO3/c1-11(16)10-14(17)18-12(2)15-9-8-13-6-4-3-5-7-13/h3-7,12,15H,8-10H2,1-2H3. The van der Waals surface area contributed by atoms with E-state index in [0.717, 1.165) is 13.0 Å². The van der Waals surface area contributed by atoms with E-state index in [1.807, 2.05) is 30.3 Å². The third-order valence-corrected chi connectivity index (χ3v) is 2.39. The monoisotopic (exact) mass is 249 g/mol. The predicted molar refractivity (Wildman–Crippen MR) is 69.0 cm³/mol. The number of nitrogens with one attached hydrogen (secondary N) is 1. The molecule has 1 N–H and O–H groups in total. The minimum absolute atomic E-state index is 0.162. The topological polar surface area (TPSA) is 55.4 Å². The minimum Gasteiger partial charge on any atom is -0.447 e. The van der Waals surface area contributed by atoms with Crippen LogP contribution in [-0.2, 0) is 20.7 Å². The smallest absolute Gasteiger partial charge is 0.314 e. The number of ether oxygens (including phenoxy) is 1. The number of benzene rings is 1. The first-order valence-corrected chi connectivity index (χ1v) is 6.04. The van der Waals surface area contributed by atoms with Crippen molar-refractivity contribution in [3.63, 3.8) is 0 Å². The van der Waals surface area contributed by atoms with E-state index in [1.54, 1.807) is 6.92 Å². The molecular weight excluding hydrogens is 230 g/mol. The van der Waals surface area contributed by atoms with Crippen LogP contribution in [0.25, 0.3) is 0 Å². The van der Waals surface area contributed by atoms with E-state index in [2.05, 4.69) is 5.32 Å². The summed E-state index contributed by atoms with van der Waals surface area (Å²) in [5, 5.41) is 3.08. The zero-order valence-corrected chi connectivity index (χ0v) is 10.8. The first-order valence-electron chi connectivity index (χ1n) is 6.04. The molecule has 0 spiro atoms. The summed E-state index contributed by atoms with van der Waals surface area (Å²) in [6.07, 6.45) is 0.334. The van der Waals surface area contributed by atoms with Gasteiger partial charge in [0, 0.05) is 6.54 Å². The number of carbonyl (C=O) groups excluding carboxylic acids is 2. The molecular formula is C14H19NO3. The molecule has 1 rings (SSSR count). The molecule has 1 unspecified atom stereocenters. The molecule has 0 saturated heterocycles. The molecule has 4 nitrogen and oxygen atoms in total. The molecule has 1 aromatic rings. The zero-order chi connectivity index (χ0) is 13.4. The van der Waals surface area contributed by atoms with Gasteiger partial charge in [0.25, 0.3) is 0 Å². The van der Waals surface area contributed by atoms with Gasteiger partial charge in [-0.05, 0) is 25.8 Å². The van der Waals surface area contributed by atoms with E-state index < -0.39 is 5.97 Å². The zero-order valence-electron chi connectivity index (χ0n) is 10.8. The fraction of sp³-hybridized carbons (Fsp3) is 0.429. The maximum absolute atomic E-state index is 11.2. The summed E-state index contributed by atoms with van der Waals surface area (Å²) in [4.78, 5) is 21.9. The van der Waals surface area contributed by atoms with Gasteiger partial charge >= 0.3 is 5.97 Å². The van der Waals surface area contributed by atoms with Gasteiger partial charge in [-0.1, -0.05) is 30.3 Å². The number of carbonyl (C=O) groups is 2. The molecule has 98 valence electrons. The van der Waals surface area contributed by atoms with Gasteiger partial charge in [-0.25, -0.2) is 0 Å². The number of ketones is 1. The molecule has 18 heavy (non-hydrogen) atoms. The van der Waals surface area contributed by atoms with Crippen LogP contribution in [0.5, 0.6) is 0 Å². The lowest BCUT2D eigenvalue weighted by Gasteiger charge is -2.14. The number of rotatable bonds is 7. The average molecular weight is 249 g/mol. The van der Waals surface area contributed by atoms with Crippen molar-refractivity contribution in [2.75, 3.05) is 6.54 Å². The van der Waals surface area contributed by atoms with Gasteiger partial charge in [0.1, 0.15) is 12.2 Å². The van der Waals surface area contributed by atoms with E-state index in [-0.39, 0.29) is 18.4 Å². The minimum atomic E-state index is -0.484. The molecule has 1 aromatic carbocycles. The largest absolute Gasteiger partial charge is 0.447 e. The van der Waals surface area contributed by atoms with E-state index in [4.69, 9.17) is 4.74 Å². The van der Waals surface area contributed by atoms with Gasteiger partial charge in [0.2, 0.25) is 0 Å². The molecule has 4 heteroatoms. The third-order valence-electron chi connectivity index (χ3n) is 2.39. The van der Waals surface area contributed by atoms with Crippen molar-refractivity contribution >= 4 is 11.8 Å². The van der Waals surface area contributed by atoms with Crippen LogP contribution in [0.1, 0.15) is 25.8 Å². The van der Waals surface area contributed by atoms with E-state index in [0.29, 0.717) is 0 Å². The Morgan fingerprint density at radius 1 is 1.28 bits per heavy atom. The van der Waals surface area contributed by atoms with E-state index in [1.165, 1.54) is 12.5 Å². The second-order valence-corrected chi connectivity index (χ2v) is 4.20.